The molecule has 3 rings (SSSR count). The predicted molar refractivity (Wildman–Crippen MR) is 79.0 cm³/mol. The molecule has 4 atom stereocenters. The highest BCUT2D eigenvalue weighted by Crippen LogP contribution is 2.39. The number of nitrogens with one attached hydrogen (secondary N) is 1. The van der Waals surface area contributed by atoms with E-state index in [1.165, 1.54) is 35.5 Å². The fourth-order valence-corrected chi connectivity index (χ4v) is 4.65. The van der Waals surface area contributed by atoms with Crippen molar-refractivity contribution in [3.05, 3.63) is 29.8 Å². The van der Waals surface area contributed by atoms with Crippen LogP contribution in [-0.2, 0) is 0 Å². The highest BCUT2D eigenvalue weighted by Gasteiger charge is 2.30. The van der Waals surface area contributed by atoms with Crippen molar-refractivity contribution in [3.8, 4) is 0 Å². The van der Waals surface area contributed by atoms with E-state index in [1.54, 1.807) is 0 Å². The van der Waals surface area contributed by atoms with Gasteiger partial charge >= 0.3 is 0 Å². The summed E-state index contributed by atoms with van der Waals surface area (Å²) in [4.78, 5) is 1.48. The van der Waals surface area contributed by atoms with Gasteiger partial charge in [-0.3, -0.25) is 0 Å². The molecule has 1 nitrogen and oxygen atoms in total. The molecule has 0 bridgehead atoms. The normalized spacial score (nSPS) is 35.4. The first-order valence-corrected chi connectivity index (χ1v) is 8.20. The van der Waals surface area contributed by atoms with E-state index in [1.807, 2.05) is 11.8 Å². The summed E-state index contributed by atoms with van der Waals surface area (Å²) >= 11 is 2.00. The van der Waals surface area contributed by atoms with Crippen molar-refractivity contribution >= 4 is 11.8 Å². The average molecular weight is 261 g/mol. The maximum absolute atomic E-state index is 3.92. The maximum Gasteiger partial charge on any atom is 0.0428 e. The van der Waals surface area contributed by atoms with Crippen molar-refractivity contribution < 1.29 is 0 Å². The lowest BCUT2D eigenvalue weighted by molar-refractivity contribution is 0.217. The van der Waals surface area contributed by atoms with Crippen molar-refractivity contribution in [3.63, 3.8) is 0 Å². The van der Waals surface area contributed by atoms with E-state index in [0.29, 0.717) is 6.04 Å². The van der Waals surface area contributed by atoms with Gasteiger partial charge in [0.2, 0.25) is 0 Å². The van der Waals surface area contributed by atoms with Gasteiger partial charge in [0.15, 0.2) is 0 Å². The molecule has 0 saturated heterocycles. The van der Waals surface area contributed by atoms with E-state index in [9.17, 15) is 0 Å². The molecule has 18 heavy (non-hydrogen) atoms. The van der Waals surface area contributed by atoms with Gasteiger partial charge in [0.05, 0.1) is 0 Å². The number of benzene rings is 1. The summed E-state index contributed by atoms with van der Waals surface area (Å²) in [7, 11) is 0. The zero-order chi connectivity index (χ0) is 12.5. The van der Waals surface area contributed by atoms with E-state index in [2.05, 4.69) is 43.4 Å². The zero-order valence-corrected chi connectivity index (χ0v) is 12.2. The monoisotopic (exact) mass is 261 g/mol. The van der Waals surface area contributed by atoms with Crippen LogP contribution in [0.2, 0.25) is 0 Å². The Labute approximate surface area is 115 Å². The highest BCUT2D eigenvalue weighted by atomic mass is 32.2. The molecule has 1 fully saturated rings. The van der Waals surface area contributed by atoms with Crippen LogP contribution in [-0.4, -0.2) is 11.8 Å². The molecule has 0 radical (unpaired) electrons. The summed E-state index contributed by atoms with van der Waals surface area (Å²) in [6.07, 6.45) is 4.13. The van der Waals surface area contributed by atoms with Gasteiger partial charge in [0.25, 0.3) is 0 Å². The molecule has 1 aliphatic carbocycles. The maximum atomic E-state index is 3.92. The largest absolute Gasteiger partial charge is 0.306 e. The quantitative estimate of drug-likeness (QED) is 0.854. The van der Waals surface area contributed by atoms with Crippen LogP contribution in [0.5, 0.6) is 0 Å². The second-order valence-electron chi connectivity index (χ2n) is 6.07. The van der Waals surface area contributed by atoms with Gasteiger partial charge in [0.1, 0.15) is 0 Å². The summed E-state index contributed by atoms with van der Waals surface area (Å²) < 4.78 is 0. The summed E-state index contributed by atoms with van der Waals surface area (Å²) in [5.74, 6) is 2.95. The first kappa shape index (κ1) is 12.6. The third kappa shape index (κ3) is 2.46. The van der Waals surface area contributed by atoms with Gasteiger partial charge < -0.3 is 5.32 Å². The average Bonchev–Trinajstić information content (AvgIpc) is 2.76. The molecule has 98 valence electrons. The number of fused-ring (bicyclic) bond motifs is 1. The van der Waals surface area contributed by atoms with E-state index < -0.39 is 0 Å². The van der Waals surface area contributed by atoms with Gasteiger partial charge in [-0.15, -0.1) is 11.8 Å². The minimum Gasteiger partial charge on any atom is -0.306 e. The van der Waals surface area contributed by atoms with Crippen molar-refractivity contribution in [2.45, 2.75) is 50.1 Å². The molecule has 0 amide bonds. The second-order valence-corrected chi connectivity index (χ2v) is 7.13. The molecule has 1 N–H and O–H groups in total. The Balaban J connectivity index is 1.68. The molecule has 4 unspecified atom stereocenters. The minimum absolute atomic E-state index is 0.576. The number of rotatable bonds is 2. The molecule has 1 aromatic carbocycles. The number of thioether (sulfide) groups is 1. The van der Waals surface area contributed by atoms with Crippen molar-refractivity contribution in [1.29, 1.82) is 0 Å². The SMILES string of the molecule is CC1CCC(NC2CSc3ccccc32)C(C)C1. The van der Waals surface area contributed by atoms with E-state index in [-0.39, 0.29) is 0 Å². The first-order chi connectivity index (χ1) is 8.74. The van der Waals surface area contributed by atoms with Crippen LogP contribution < -0.4 is 5.32 Å². The third-order valence-corrected chi connectivity index (χ3v) is 5.73. The summed E-state index contributed by atoms with van der Waals surface area (Å²) in [5.41, 5.74) is 1.52. The lowest BCUT2D eigenvalue weighted by Gasteiger charge is -2.35. The van der Waals surface area contributed by atoms with Gasteiger partial charge in [-0.2, -0.15) is 0 Å². The van der Waals surface area contributed by atoms with E-state index >= 15 is 0 Å². The third-order valence-electron chi connectivity index (χ3n) is 4.55. The van der Waals surface area contributed by atoms with Crippen molar-refractivity contribution in [1.82, 2.24) is 5.32 Å². The Morgan fingerprint density at radius 2 is 2.00 bits per heavy atom. The predicted octanol–water partition coefficient (Wildman–Crippen LogP) is 4.25. The molecule has 0 spiro atoms. The molecule has 1 heterocycles. The Kier molecular flexibility index (Phi) is 3.67. The number of hydrogen-bond acceptors (Lipinski definition) is 2. The Morgan fingerprint density at radius 3 is 2.83 bits per heavy atom. The van der Waals surface area contributed by atoms with Crippen LogP contribution in [0.1, 0.15) is 44.7 Å². The fraction of sp³-hybridized carbons (Fsp3) is 0.625. The van der Waals surface area contributed by atoms with Crippen LogP contribution >= 0.6 is 11.8 Å². The summed E-state index contributed by atoms with van der Waals surface area (Å²) in [5, 5.41) is 3.92. The van der Waals surface area contributed by atoms with Gasteiger partial charge in [-0.1, -0.05) is 32.0 Å². The molecule has 0 aromatic heterocycles. The molecular weight excluding hydrogens is 238 g/mol. The first-order valence-electron chi connectivity index (χ1n) is 7.22. The van der Waals surface area contributed by atoms with E-state index in [0.717, 1.165) is 17.9 Å². The van der Waals surface area contributed by atoms with Gasteiger partial charge in [-0.05, 0) is 42.7 Å². The number of hydrogen-bond donors (Lipinski definition) is 1. The van der Waals surface area contributed by atoms with Crippen LogP contribution in [0, 0.1) is 11.8 Å². The van der Waals surface area contributed by atoms with Gasteiger partial charge in [-0.25, -0.2) is 0 Å². The zero-order valence-electron chi connectivity index (χ0n) is 11.4. The van der Waals surface area contributed by atoms with Crippen molar-refractivity contribution in [2.24, 2.45) is 11.8 Å². The Morgan fingerprint density at radius 1 is 1.17 bits per heavy atom. The van der Waals surface area contributed by atoms with E-state index in [4.69, 9.17) is 0 Å². The molecule has 1 aliphatic heterocycles. The van der Waals surface area contributed by atoms with Crippen LogP contribution in [0.25, 0.3) is 0 Å². The smallest absolute Gasteiger partial charge is 0.0428 e. The van der Waals surface area contributed by atoms with Crippen LogP contribution in [0.3, 0.4) is 0 Å². The second kappa shape index (κ2) is 5.26. The standard InChI is InChI=1S/C16H23NS/c1-11-7-8-14(12(2)9-11)17-15-10-18-16-6-4-3-5-13(15)16/h3-6,11-12,14-15,17H,7-10H2,1-2H3. The molecular formula is C16H23NS. The summed E-state index contributed by atoms with van der Waals surface area (Å²) in [6.45, 7) is 4.81. The fourth-order valence-electron chi connectivity index (χ4n) is 3.47. The molecule has 2 aliphatic rings. The van der Waals surface area contributed by atoms with Gasteiger partial charge in [0, 0.05) is 22.7 Å². The molecule has 2 heteroatoms. The summed E-state index contributed by atoms with van der Waals surface area (Å²) in [6, 6.07) is 10.2. The minimum atomic E-state index is 0.576. The Bertz CT molecular complexity index is 417. The lowest BCUT2D eigenvalue weighted by atomic mass is 9.79. The lowest BCUT2D eigenvalue weighted by Crippen LogP contribution is -2.41. The topological polar surface area (TPSA) is 12.0 Å². The van der Waals surface area contributed by atoms with Crippen molar-refractivity contribution in [2.75, 3.05) is 5.75 Å². The van der Waals surface area contributed by atoms with Crippen LogP contribution in [0.4, 0.5) is 0 Å². The highest BCUT2D eigenvalue weighted by molar-refractivity contribution is 7.99. The molecule has 1 saturated carbocycles. The Hall–Kier alpha value is -0.470. The molecule has 1 aromatic rings. The van der Waals surface area contributed by atoms with Crippen LogP contribution in [0.15, 0.2) is 29.2 Å².